The maximum absolute atomic E-state index is 10.7. The zero-order valence-electron chi connectivity index (χ0n) is 13.0. The Morgan fingerprint density at radius 3 is 1.68 bits per heavy atom. The summed E-state index contributed by atoms with van der Waals surface area (Å²) in [7, 11) is 0. The number of carbonyl (C=O) groups excluding carboxylic acids is 1. The minimum Gasteiger partial charge on any atom is -0.348 e. The summed E-state index contributed by atoms with van der Waals surface area (Å²) >= 11 is 0. The molecule has 0 radical (unpaired) electrons. The molecule has 2 heteroatoms. The summed E-state index contributed by atoms with van der Waals surface area (Å²) in [6, 6.07) is 4.58. The number of rotatable bonds is 9. The van der Waals surface area contributed by atoms with Crippen LogP contribution in [0.3, 0.4) is 0 Å². The van der Waals surface area contributed by atoms with Crippen molar-refractivity contribution in [1.29, 1.82) is 0 Å². The van der Waals surface area contributed by atoms with Crippen molar-refractivity contribution in [2.45, 2.75) is 78.2 Å². The van der Waals surface area contributed by atoms with Crippen LogP contribution in [-0.4, -0.2) is 10.9 Å². The lowest BCUT2D eigenvalue weighted by molar-refractivity contribution is -0.108. The molecule has 1 heterocycles. The summed E-state index contributed by atoms with van der Waals surface area (Å²) in [5.74, 6) is 1.24. The summed E-state index contributed by atoms with van der Waals surface area (Å²) in [4.78, 5) is 10.7. The predicted octanol–water partition coefficient (Wildman–Crippen LogP) is 4.88. The fourth-order valence-electron chi connectivity index (χ4n) is 3.07. The van der Waals surface area contributed by atoms with E-state index in [2.05, 4.69) is 44.4 Å². The van der Waals surface area contributed by atoms with E-state index in [1.165, 1.54) is 37.1 Å². The average molecular weight is 263 g/mol. The fourth-order valence-corrected chi connectivity index (χ4v) is 3.07. The molecule has 0 aliphatic rings. The quantitative estimate of drug-likeness (QED) is 0.582. The Labute approximate surface area is 118 Å². The van der Waals surface area contributed by atoms with Gasteiger partial charge in [0.05, 0.1) is 0 Å². The summed E-state index contributed by atoms with van der Waals surface area (Å²) in [5.41, 5.74) is 2.85. The van der Waals surface area contributed by atoms with Gasteiger partial charge in [0, 0.05) is 24.4 Å². The normalized spacial score (nSPS) is 11.5. The van der Waals surface area contributed by atoms with E-state index in [1.807, 2.05) is 0 Å². The first-order valence-corrected chi connectivity index (χ1v) is 7.86. The minimum atomic E-state index is 0.620. The third-order valence-electron chi connectivity index (χ3n) is 4.33. The van der Waals surface area contributed by atoms with E-state index < -0.39 is 0 Å². The van der Waals surface area contributed by atoms with Gasteiger partial charge in [-0.1, -0.05) is 27.7 Å². The van der Waals surface area contributed by atoms with E-state index in [1.54, 1.807) is 0 Å². The zero-order chi connectivity index (χ0) is 14.3. The smallest absolute Gasteiger partial charge is 0.121 e. The van der Waals surface area contributed by atoms with Crippen LogP contribution in [0.4, 0.5) is 0 Å². The second kappa shape index (κ2) is 8.19. The molecular formula is C17H29NO. The third kappa shape index (κ3) is 3.71. The Bertz CT molecular complexity index is 343. The van der Waals surface area contributed by atoms with Gasteiger partial charge in [0.1, 0.15) is 6.29 Å². The minimum absolute atomic E-state index is 0.620. The van der Waals surface area contributed by atoms with Crippen LogP contribution >= 0.6 is 0 Å². The standard InChI is InChI=1S/C17H29NO/c1-5-14(6-2)16-10-11-17(15(7-3)8-4)18(16)12-9-13-19/h10-11,13-15H,5-9,12H2,1-4H3. The summed E-state index contributed by atoms with van der Waals surface area (Å²) in [6.07, 6.45) is 6.34. The molecule has 0 aromatic carbocycles. The Balaban J connectivity index is 3.13. The van der Waals surface area contributed by atoms with E-state index in [4.69, 9.17) is 0 Å². The van der Waals surface area contributed by atoms with Crippen molar-refractivity contribution in [3.05, 3.63) is 23.5 Å². The number of nitrogens with zero attached hydrogens (tertiary/aromatic N) is 1. The molecule has 0 unspecified atom stereocenters. The zero-order valence-corrected chi connectivity index (χ0v) is 13.0. The van der Waals surface area contributed by atoms with E-state index in [-0.39, 0.29) is 0 Å². The molecule has 1 aromatic rings. The molecule has 0 fully saturated rings. The molecule has 1 aromatic heterocycles. The highest BCUT2D eigenvalue weighted by molar-refractivity contribution is 5.49. The first kappa shape index (κ1) is 16.0. The molecule has 108 valence electrons. The molecule has 0 aliphatic heterocycles. The van der Waals surface area contributed by atoms with Gasteiger partial charge >= 0.3 is 0 Å². The fraction of sp³-hybridized carbons (Fsp3) is 0.706. The van der Waals surface area contributed by atoms with Gasteiger partial charge in [0.15, 0.2) is 0 Å². The molecule has 0 saturated carbocycles. The molecule has 0 amide bonds. The van der Waals surface area contributed by atoms with Crippen molar-refractivity contribution in [1.82, 2.24) is 4.57 Å². The third-order valence-corrected chi connectivity index (χ3v) is 4.33. The van der Waals surface area contributed by atoms with Crippen LogP contribution < -0.4 is 0 Å². The molecule has 0 spiro atoms. The summed E-state index contributed by atoms with van der Waals surface area (Å²) in [6.45, 7) is 9.85. The second-order valence-electron chi connectivity index (χ2n) is 5.32. The molecule has 19 heavy (non-hydrogen) atoms. The second-order valence-corrected chi connectivity index (χ2v) is 5.32. The monoisotopic (exact) mass is 263 g/mol. The highest BCUT2D eigenvalue weighted by Crippen LogP contribution is 2.31. The molecular weight excluding hydrogens is 234 g/mol. The van der Waals surface area contributed by atoms with E-state index in [0.29, 0.717) is 18.3 Å². The van der Waals surface area contributed by atoms with Crippen molar-refractivity contribution in [3.8, 4) is 0 Å². The molecule has 0 bridgehead atoms. The molecule has 2 nitrogen and oxygen atoms in total. The maximum Gasteiger partial charge on any atom is 0.121 e. The van der Waals surface area contributed by atoms with Gasteiger partial charge in [-0.05, 0) is 49.7 Å². The first-order valence-electron chi connectivity index (χ1n) is 7.86. The van der Waals surface area contributed by atoms with Crippen molar-refractivity contribution >= 4 is 6.29 Å². The van der Waals surface area contributed by atoms with E-state index >= 15 is 0 Å². The van der Waals surface area contributed by atoms with Gasteiger partial charge in [0.2, 0.25) is 0 Å². The highest BCUT2D eigenvalue weighted by Gasteiger charge is 2.18. The number of aldehydes is 1. The van der Waals surface area contributed by atoms with Crippen molar-refractivity contribution < 1.29 is 4.79 Å². The van der Waals surface area contributed by atoms with Gasteiger partial charge in [-0.15, -0.1) is 0 Å². The van der Waals surface area contributed by atoms with Gasteiger partial charge in [-0.25, -0.2) is 0 Å². The van der Waals surface area contributed by atoms with Crippen LogP contribution in [0, 0.1) is 0 Å². The van der Waals surface area contributed by atoms with Gasteiger partial charge < -0.3 is 9.36 Å². The van der Waals surface area contributed by atoms with Crippen LogP contribution in [-0.2, 0) is 11.3 Å². The molecule has 0 aliphatic carbocycles. The van der Waals surface area contributed by atoms with Crippen molar-refractivity contribution in [2.24, 2.45) is 0 Å². The average Bonchev–Trinajstić information content (AvgIpc) is 2.83. The van der Waals surface area contributed by atoms with Crippen LogP contribution in [0.15, 0.2) is 12.1 Å². The summed E-state index contributed by atoms with van der Waals surface area (Å²) in [5, 5.41) is 0. The predicted molar refractivity (Wildman–Crippen MR) is 81.8 cm³/mol. The lowest BCUT2D eigenvalue weighted by Gasteiger charge is -2.21. The largest absolute Gasteiger partial charge is 0.348 e. The number of hydrogen-bond acceptors (Lipinski definition) is 1. The Morgan fingerprint density at radius 1 is 0.947 bits per heavy atom. The first-order chi connectivity index (χ1) is 9.23. The van der Waals surface area contributed by atoms with E-state index in [9.17, 15) is 4.79 Å². The van der Waals surface area contributed by atoms with Crippen molar-refractivity contribution in [2.75, 3.05) is 0 Å². The highest BCUT2D eigenvalue weighted by atomic mass is 16.1. The van der Waals surface area contributed by atoms with E-state index in [0.717, 1.165) is 12.8 Å². The molecule has 1 rings (SSSR count). The molecule has 0 N–H and O–H groups in total. The van der Waals surface area contributed by atoms with Crippen LogP contribution in [0.5, 0.6) is 0 Å². The van der Waals surface area contributed by atoms with Gasteiger partial charge in [-0.2, -0.15) is 0 Å². The molecule has 0 saturated heterocycles. The SMILES string of the molecule is CCC(CC)c1ccc(C(CC)CC)n1CCC=O. The van der Waals surface area contributed by atoms with Gasteiger partial charge in [0.25, 0.3) is 0 Å². The number of hydrogen-bond donors (Lipinski definition) is 0. The number of carbonyl (C=O) groups is 1. The van der Waals surface area contributed by atoms with Crippen LogP contribution in [0.25, 0.3) is 0 Å². The Hall–Kier alpha value is -1.05. The van der Waals surface area contributed by atoms with Crippen LogP contribution in [0.2, 0.25) is 0 Å². The lowest BCUT2D eigenvalue weighted by Crippen LogP contribution is -2.13. The Kier molecular flexibility index (Phi) is 6.90. The lowest BCUT2D eigenvalue weighted by atomic mass is 9.99. The number of aromatic nitrogens is 1. The summed E-state index contributed by atoms with van der Waals surface area (Å²) < 4.78 is 2.42. The van der Waals surface area contributed by atoms with Crippen LogP contribution in [0.1, 0.15) is 83.0 Å². The topological polar surface area (TPSA) is 22.0 Å². The molecule has 0 atom stereocenters. The maximum atomic E-state index is 10.7. The van der Waals surface area contributed by atoms with Crippen molar-refractivity contribution in [3.63, 3.8) is 0 Å². The van der Waals surface area contributed by atoms with Gasteiger partial charge in [-0.3, -0.25) is 0 Å². The Morgan fingerprint density at radius 2 is 1.37 bits per heavy atom.